The minimum Gasteiger partial charge on any atom is -0.325 e. The van der Waals surface area contributed by atoms with Gasteiger partial charge < -0.3 is 5.32 Å². The first-order valence-electron chi connectivity index (χ1n) is 6.27. The van der Waals surface area contributed by atoms with Gasteiger partial charge in [-0.3, -0.25) is 9.59 Å². The van der Waals surface area contributed by atoms with Crippen molar-refractivity contribution in [1.29, 1.82) is 0 Å². The second kappa shape index (κ2) is 7.64. The van der Waals surface area contributed by atoms with Crippen molar-refractivity contribution in [2.75, 3.05) is 11.1 Å². The van der Waals surface area contributed by atoms with E-state index in [1.165, 1.54) is 18.3 Å². The molecule has 0 radical (unpaired) electrons. The number of benzene rings is 1. The number of nitrogens with one attached hydrogen (secondary N) is 1. The molecule has 0 aliphatic heterocycles. The lowest BCUT2D eigenvalue weighted by Crippen LogP contribution is -2.14. The van der Waals surface area contributed by atoms with Gasteiger partial charge in [-0.05, 0) is 43.3 Å². The molecule has 21 heavy (non-hydrogen) atoms. The maximum absolute atomic E-state index is 11.8. The third-order valence-corrected chi connectivity index (χ3v) is 5.08. The first kappa shape index (κ1) is 16.1. The molecule has 0 saturated carbocycles. The standard InChI is InChI=1S/C15H14ClNO2S2/c1-10(18)11-2-4-12(5-3-11)17-15(19)9-20-8-13-6-7-14(16)21-13/h2-7H,8-9H2,1H3,(H,17,19). The van der Waals surface area contributed by atoms with Gasteiger partial charge in [-0.1, -0.05) is 11.6 Å². The molecule has 1 aromatic heterocycles. The minimum absolute atomic E-state index is 0.0121. The molecule has 0 saturated heterocycles. The van der Waals surface area contributed by atoms with Crippen molar-refractivity contribution in [3.05, 3.63) is 51.2 Å². The van der Waals surface area contributed by atoms with Crippen LogP contribution >= 0.6 is 34.7 Å². The molecule has 0 bridgehead atoms. The highest BCUT2D eigenvalue weighted by molar-refractivity contribution is 7.99. The number of thiophene rings is 1. The van der Waals surface area contributed by atoms with Crippen molar-refractivity contribution >= 4 is 52.1 Å². The number of hydrogen-bond donors (Lipinski definition) is 1. The van der Waals surface area contributed by atoms with Crippen LogP contribution in [0.1, 0.15) is 22.2 Å². The fraction of sp³-hybridized carbons (Fsp3) is 0.200. The third-order valence-electron chi connectivity index (χ3n) is 2.68. The Bertz CT molecular complexity index is 637. The molecule has 0 fully saturated rings. The lowest BCUT2D eigenvalue weighted by atomic mass is 10.1. The van der Waals surface area contributed by atoms with Gasteiger partial charge in [0.15, 0.2) is 5.78 Å². The molecule has 2 aromatic rings. The molecule has 2 rings (SSSR count). The normalized spacial score (nSPS) is 10.4. The van der Waals surface area contributed by atoms with E-state index in [4.69, 9.17) is 11.6 Å². The molecule has 1 heterocycles. The fourth-order valence-electron chi connectivity index (χ4n) is 1.66. The molecule has 1 amide bonds. The number of Topliss-reactive ketones (excluding diaryl/α,β-unsaturated/α-hetero) is 1. The molecule has 1 aromatic carbocycles. The highest BCUT2D eigenvalue weighted by Crippen LogP contribution is 2.25. The van der Waals surface area contributed by atoms with Crippen molar-refractivity contribution in [1.82, 2.24) is 0 Å². The SMILES string of the molecule is CC(=O)c1ccc(NC(=O)CSCc2ccc(Cl)s2)cc1. The second-order valence-electron chi connectivity index (χ2n) is 4.38. The number of rotatable bonds is 6. The summed E-state index contributed by atoms with van der Waals surface area (Å²) >= 11 is 8.92. The molecule has 1 N–H and O–H groups in total. The van der Waals surface area contributed by atoms with Crippen LogP contribution in [0, 0.1) is 0 Å². The van der Waals surface area contributed by atoms with Crippen molar-refractivity contribution in [3.8, 4) is 0 Å². The molecule has 0 aliphatic rings. The predicted octanol–water partition coefficient (Wildman–Crippen LogP) is 4.48. The molecule has 3 nitrogen and oxygen atoms in total. The largest absolute Gasteiger partial charge is 0.325 e. The van der Waals surface area contributed by atoms with E-state index in [2.05, 4.69) is 5.32 Å². The van der Waals surface area contributed by atoms with Crippen LogP contribution in [0.3, 0.4) is 0 Å². The van der Waals surface area contributed by atoms with Gasteiger partial charge in [0, 0.05) is 21.9 Å². The average Bonchev–Trinajstić information content (AvgIpc) is 2.85. The number of anilines is 1. The topological polar surface area (TPSA) is 46.2 Å². The zero-order chi connectivity index (χ0) is 15.2. The highest BCUT2D eigenvalue weighted by atomic mass is 35.5. The first-order valence-corrected chi connectivity index (χ1v) is 8.62. The molecule has 0 atom stereocenters. The Morgan fingerprint density at radius 3 is 2.48 bits per heavy atom. The van der Waals surface area contributed by atoms with Crippen LogP contribution < -0.4 is 5.32 Å². The number of carbonyl (C=O) groups is 2. The number of thioether (sulfide) groups is 1. The van der Waals surface area contributed by atoms with Crippen LogP contribution in [-0.2, 0) is 10.5 Å². The van der Waals surface area contributed by atoms with Gasteiger partial charge >= 0.3 is 0 Å². The Hall–Kier alpha value is -1.30. The zero-order valence-electron chi connectivity index (χ0n) is 11.4. The quantitative estimate of drug-likeness (QED) is 0.789. The Balaban J connectivity index is 1.77. The summed E-state index contributed by atoms with van der Waals surface area (Å²) in [6.45, 7) is 1.51. The van der Waals surface area contributed by atoms with Crippen LogP contribution in [0.25, 0.3) is 0 Å². The van der Waals surface area contributed by atoms with Crippen molar-refractivity contribution in [3.63, 3.8) is 0 Å². The van der Waals surface area contributed by atoms with Crippen LogP contribution in [0.2, 0.25) is 4.34 Å². The van der Waals surface area contributed by atoms with Gasteiger partial charge in [-0.2, -0.15) is 0 Å². The third kappa shape index (κ3) is 5.19. The lowest BCUT2D eigenvalue weighted by molar-refractivity contribution is -0.113. The van der Waals surface area contributed by atoms with Gasteiger partial charge in [-0.25, -0.2) is 0 Å². The van der Waals surface area contributed by atoms with Crippen LogP contribution in [-0.4, -0.2) is 17.4 Å². The molecule has 110 valence electrons. The van der Waals surface area contributed by atoms with Crippen LogP contribution in [0.15, 0.2) is 36.4 Å². The summed E-state index contributed by atoms with van der Waals surface area (Å²) in [6.07, 6.45) is 0. The predicted molar refractivity (Wildman–Crippen MR) is 90.6 cm³/mol. The molecule has 6 heteroatoms. The summed E-state index contributed by atoms with van der Waals surface area (Å²) in [6, 6.07) is 10.7. The van der Waals surface area contributed by atoms with Crippen molar-refractivity contribution in [2.24, 2.45) is 0 Å². The van der Waals surface area contributed by atoms with E-state index >= 15 is 0 Å². The van der Waals surface area contributed by atoms with Gasteiger partial charge in [0.05, 0.1) is 10.1 Å². The van der Waals surface area contributed by atoms with Gasteiger partial charge in [0.25, 0.3) is 0 Å². The Morgan fingerprint density at radius 1 is 1.19 bits per heavy atom. The number of ketones is 1. The smallest absolute Gasteiger partial charge is 0.234 e. The summed E-state index contributed by atoms with van der Waals surface area (Å²) in [5.41, 5.74) is 1.33. The van der Waals surface area contributed by atoms with Crippen molar-refractivity contribution in [2.45, 2.75) is 12.7 Å². The highest BCUT2D eigenvalue weighted by Gasteiger charge is 2.05. The van der Waals surface area contributed by atoms with E-state index in [1.807, 2.05) is 12.1 Å². The van der Waals surface area contributed by atoms with E-state index in [0.29, 0.717) is 17.0 Å². The van der Waals surface area contributed by atoms with E-state index in [-0.39, 0.29) is 11.7 Å². The summed E-state index contributed by atoms with van der Waals surface area (Å²) < 4.78 is 0.764. The van der Waals surface area contributed by atoms with E-state index in [1.54, 1.807) is 36.0 Å². The fourth-order valence-corrected chi connectivity index (χ4v) is 3.68. The molecule has 0 spiro atoms. The number of halogens is 1. The lowest BCUT2D eigenvalue weighted by Gasteiger charge is -2.05. The molecule has 0 unspecified atom stereocenters. The van der Waals surface area contributed by atoms with Gasteiger partial charge in [0.1, 0.15) is 0 Å². The van der Waals surface area contributed by atoms with Gasteiger partial charge in [-0.15, -0.1) is 23.1 Å². The monoisotopic (exact) mass is 339 g/mol. The van der Waals surface area contributed by atoms with Crippen LogP contribution in [0.4, 0.5) is 5.69 Å². The molecular formula is C15H14ClNO2S2. The van der Waals surface area contributed by atoms with Gasteiger partial charge in [0.2, 0.25) is 5.91 Å². The minimum atomic E-state index is -0.0572. The second-order valence-corrected chi connectivity index (χ2v) is 7.17. The first-order chi connectivity index (χ1) is 10.0. The number of carbonyl (C=O) groups excluding carboxylic acids is 2. The van der Waals surface area contributed by atoms with E-state index in [9.17, 15) is 9.59 Å². The Kier molecular flexibility index (Phi) is 5.85. The summed E-state index contributed by atoms with van der Waals surface area (Å²) in [5, 5.41) is 2.81. The van der Waals surface area contributed by atoms with E-state index < -0.39 is 0 Å². The summed E-state index contributed by atoms with van der Waals surface area (Å²) in [7, 11) is 0. The maximum atomic E-state index is 11.8. The number of hydrogen-bond acceptors (Lipinski definition) is 4. The zero-order valence-corrected chi connectivity index (χ0v) is 13.8. The number of amides is 1. The van der Waals surface area contributed by atoms with E-state index in [0.717, 1.165) is 15.0 Å². The molecular weight excluding hydrogens is 326 g/mol. The summed E-state index contributed by atoms with van der Waals surface area (Å²) in [5.74, 6) is 1.11. The average molecular weight is 340 g/mol. The maximum Gasteiger partial charge on any atom is 0.234 e. The van der Waals surface area contributed by atoms with Crippen molar-refractivity contribution < 1.29 is 9.59 Å². The van der Waals surface area contributed by atoms with Crippen LogP contribution in [0.5, 0.6) is 0 Å². The molecule has 0 aliphatic carbocycles. The summed E-state index contributed by atoms with van der Waals surface area (Å²) in [4.78, 5) is 24.1. The Morgan fingerprint density at radius 2 is 1.90 bits per heavy atom. The Labute approximate surface area is 136 Å².